The van der Waals surface area contributed by atoms with E-state index < -0.39 is 0 Å². The summed E-state index contributed by atoms with van der Waals surface area (Å²) >= 11 is 6.10. The number of nitrogens with one attached hydrogen (secondary N) is 1. The van der Waals surface area contributed by atoms with Crippen molar-refractivity contribution in [1.82, 2.24) is 5.32 Å². The largest absolute Gasteiger partial charge is 0.504 e. The molecule has 1 aromatic rings. The molecule has 1 aromatic carbocycles. The number of halogens is 1. The van der Waals surface area contributed by atoms with Crippen LogP contribution in [0.1, 0.15) is 12.0 Å². The van der Waals surface area contributed by atoms with Crippen molar-refractivity contribution in [3.8, 4) is 11.5 Å². The molecule has 0 spiro atoms. The van der Waals surface area contributed by atoms with Crippen LogP contribution < -0.4 is 10.1 Å². The zero-order valence-corrected chi connectivity index (χ0v) is 10.0. The first kappa shape index (κ1) is 11.6. The van der Waals surface area contributed by atoms with Gasteiger partial charge >= 0.3 is 0 Å². The van der Waals surface area contributed by atoms with Crippen LogP contribution in [0.3, 0.4) is 0 Å². The number of methoxy groups -OCH3 is 1. The third kappa shape index (κ3) is 2.25. The van der Waals surface area contributed by atoms with E-state index in [0.29, 0.717) is 16.7 Å². The Hall–Kier alpha value is -0.930. The van der Waals surface area contributed by atoms with Gasteiger partial charge in [0.15, 0.2) is 11.5 Å². The standard InChI is InChI=1S/C12H16ClNO2/c1-16-11-3-2-10(13)9(12(11)15)6-8-4-5-14-7-8/h2-3,8,14-15H,4-7H2,1H3. The second-order valence-electron chi connectivity index (χ2n) is 4.14. The smallest absolute Gasteiger partial charge is 0.162 e. The lowest BCUT2D eigenvalue weighted by molar-refractivity contribution is 0.368. The number of ether oxygens (including phenoxy) is 1. The van der Waals surface area contributed by atoms with Crippen molar-refractivity contribution >= 4 is 11.6 Å². The quantitative estimate of drug-likeness (QED) is 0.853. The van der Waals surface area contributed by atoms with Gasteiger partial charge in [0.25, 0.3) is 0 Å². The fourth-order valence-corrected chi connectivity index (χ4v) is 2.36. The fraction of sp³-hybridized carbons (Fsp3) is 0.500. The lowest BCUT2D eigenvalue weighted by Crippen LogP contribution is -2.11. The van der Waals surface area contributed by atoms with E-state index in [0.717, 1.165) is 31.5 Å². The van der Waals surface area contributed by atoms with Gasteiger partial charge in [0.1, 0.15) is 0 Å². The molecule has 1 unspecified atom stereocenters. The fourth-order valence-electron chi connectivity index (χ4n) is 2.13. The summed E-state index contributed by atoms with van der Waals surface area (Å²) in [6.45, 7) is 2.04. The minimum atomic E-state index is 0.182. The van der Waals surface area contributed by atoms with Gasteiger partial charge in [0.2, 0.25) is 0 Å². The topological polar surface area (TPSA) is 41.5 Å². The van der Waals surface area contributed by atoms with Crippen molar-refractivity contribution in [2.75, 3.05) is 20.2 Å². The number of hydrogen-bond donors (Lipinski definition) is 2. The Labute approximate surface area is 100 Å². The second-order valence-corrected chi connectivity index (χ2v) is 4.55. The Balaban J connectivity index is 2.23. The van der Waals surface area contributed by atoms with E-state index in [2.05, 4.69) is 5.32 Å². The predicted octanol–water partition coefficient (Wildman–Crippen LogP) is 2.21. The Morgan fingerprint density at radius 1 is 1.56 bits per heavy atom. The van der Waals surface area contributed by atoms with Gasteiger partial charge in [-0.25, -0.2) is 0 Å². The van der Waals surface area contributed by atoms with Crippen LogP contribution in [0.2, 0.25) is 5.02 Å². The Kier molecular flexibility index (Phi) is 3.56. The minimum absolute atomic E-state index is 0.182. The van der Waals surface area contributed by atoms with Crippen molar-refractivity contribution < 1.29 is 9.84 Å². The lowest BCUT2D eigenvalue weighted by atomic mass is 9.97. The van der Waals surface area contributed by atoms with E-state index in [1.807, 2.05) is 0 Å². The molecule has 0 aliphatic carbocycles. The Bertz CT molecular complexity index is 376. The molecule has 1 atom stereocenters. The molecule has 3 nitrogen and oxygen atoms in total. The van der Waals surface area contributed by atoms with Gasteiger partial charge in [-0.15, -0.1) is 0 Å². The van der Waals surface area contributed by atoms with E-state index in [1.165, 1.54) is 0 Å². The molecule has 1 saturated heterocycles. The number of phenolic OH excluding ortho intramolecular Hbond substituents is 1. The summed E-state index contributed by atoms with van der Waals surface area (Å²) in [6.07, 6.45) is 1.93. The van der Waals surface area contributed by atoms with Crippen molar-refractivity contribution in [3.05, 3.63) is 22.7 Å². The first-order chi connectivity index (χ1) is 7.72. The average molecular weight is 242 g/mol. The number of aromatic hydroxyl groups is 1. The molecule has 4 heteroatoms. The van der Waals surface area contributed by atoms with E-state index in [1.54, 1.807) is 19.2 Å². The van der Waals surface area contributed by atoms with Crippen molar-refractivity contribution in [1.29, 1.82) is 0 Å². The Morgan fingerprint density at radius 3 is 3.00 bits per heavy atom. The van der Waals surface area contributed by atoms with E-state index in [9.17, 15) is 5.11 Å². The van der Waals surface area contributed by atoms with Gasteiger partial charge < -0.3 is 15.2 Å². The first-order valence-electron chi connectivity index (χ1n) is 5.47. The van der Waals surface area contributed by atoms with E-state index in [4.69, 9.17) is 16.3 Å². The summed E-state index contributed by atoms with van der Waals surface area (Å²) in [5, 5.41) is 13.9. The van der Waals surface area contributed by atoms with Crippen molar-refractivity contribution in [3.63, 3.8) is 0 Å². The van der Waals surface area contributed by atoms with Crippen LogP contribution in [0.15, 0.2) is 12.1 Å². The van der Waals surface area contributed by atoms with Crippen LogP contribution in [0.5, 0.6) is 11.5 Å². The summed E-state index contributed by atoms with van der Waals surface area (Å²) in [6, 6.07) is 3.46. The summed E-state index contributed by atoms with van der Waals surface area (Å²) in [7, 11) is 1.55. The first-order valence-corrected chi connectivity index (χ1v) is 5.85. The zero-order chi connectivity index (χ0) is 11.5. The molecule has 0 amide bonds. The van der Waals surface area contributed by atoms with Gasteiger partial charge in [-0.3, -0.25) is 0 Å². The maximum absolute atomic E-state index is 10.0. The predicted molar refractivity (Wildman–Crippen MR) is 64.3 cm³/mol. The van der Waals surface area contributed by atoms with Crippen LogP contribution in [0, 0.1) is 5.92 Å². The molecule has 1 fully saturated rings. The van der Waals surface area contributed by atoms with Crippen LogP contribution in [-0.2, 0) is 6.42 Å². The van der Waals surface area contributed by atoms with Gasteiger partial charge in [-0.1, -0.05) is 11.6 Å². The number of benzene rings is 1. The van der Waals surface area contributed by atoms with E-state index >= 15 is 0 Å². The highest BCUT2D eigenvalue weighted by atomic mass is 35.5. The van der Waals surface area contributed by atoms with Crippen molar-refractivity contribution in [2.45, 2.75) is 12.8 Å². The van der Waals surface area contributed by atoms with Gasteiger partial charge in [0.05, 0.1) is 7.11 Å². The molecule has 0 aromatic heterocycles. The number of hydrogen-bond acceptors (Lipinski definition) is 3. The molecule has 0 radical (unpaired) electrons. The molecule has 1 heterocycles. The van der Waals surface area contributed by atoms with Crippen LogP contribution in [0.25, 0.3) is 0 Å². The molecule has 2 rings (SSSR count). The molecule has 16 heavy (non-hydrogen) atoms. The third-order valence-corrected chi connectivity index (χ3v) is 3.42. The highest BCUT2D eigenvalue weighted by Gasteiger charge is 2.20. The zero-order valence-electron chi connectivity index (χ0n) is 9.29. The summed E-state index contributed by atoms with van der Waals surface area (Å²) in [4.78, 5) is 0. The van der Waals surface area contributed by atoms with Crippen LogP contribution in [0.4, 0.5) is 0 Å². The SMILES string of the molecule is COc1ccc(Cl)c(CC2CCNC2)c1O. The Morgan fingerprint density at radius 2 is 2.38 bits per heavy atom. The van der Waals surface area contributed by atoms with Gasteiger partial charge in [-0.2, -0.15) is 0 Å². The summed E-state index contributed by atoms with van der Waals surface area (Å²) < 4.78 is 5.08. The maximum Gasteiger partial charge on any atom is 0.162 e. The van der Waals surface area contributed by atoms with Crippen LogP contribution >= 0.6 is 11.6 Å². The van der Waals surface area contributed by atoms with Crippen molar-refractivity contribution in [2.24, 2.45) is 5.92 Å². The maximum atomic E-state index is 10.0. The molecular formula is C12H16ClNO2. The van der Waals surface area contributed by atoms with E-state index in [-0.39, 0.29) is 5.75 Å². The molecule has 88 valence electrons. The third-order valence-electron chi connectivity index (χ3n) is 3.06. The molecule has 0 bridgehead atoms. The normalized spacial score (nSPS) is 20.0. The summed E-state index contributed by atoms with van der Waals surface area (Å²) in [5.74, 6) is 1.22. The summed E-state index contributed by atoms with van der Waals surface area (Å²) in [5.41, 5.74) is 0.801. The number of rotatable bonds is 3. The lowest BCUT2D eigenvalue weighted by Gasteiger charge is -2.13. The van der Waals surface area contributed by atoms with Crippen LogP contribution in [-0.4, -0.2) is 25.3 Å². The number of phenols is 1. The molecule has 0 saturated carbocycles. The second kappa shape index (κ2) is 4.93. The van der Waals surface area contributed by atoms with Gasteiger partial charge in [0, 0.05) is 10.6 Å². The molecule has 1 aliphatic rings. The monoisotopic (exact) mass is 241 g/mol. The molecule has 2 N–H and O–H groups in total. The highest BCUT2D eigenvalue weighted by molar-refractivity contribution is 6.31. The molecular weight excluding hydrogens is 226 g/mol. The molecule has 1 aliphatic heterocycles. The minimum Gasteiger partial charge on any atom is -0.504 e. The van der Waals surface area contributed by atoms with Gasteiger partial charge in [-0.05, 0) is 44.0 Å². The average Bonchev–Trinajstić information content (AvgIpc) is 2.77. The highest BCUT2D eigenvalue weighted by Crippen LogP contribution is 2.36.